The van der Waals surface area contributed by atoms with Crippen molar-refractivity contribution in [3.8, 4) is 0 Å². The van der Waals surface area contributed by atoms with Crippen molar-refractivity contribution in [2.45, 2.75) is 0 Å². The quantitative estimate of drug-likeness (QED) is 0.697. The molecule has 0 aliphatic rings. The molecule has 0 atom stereocenters. The largest absolute Gasteiger partial charge is 0.480 e. The summed E-state index contributed by atoms with van der Waals surface area (Å²) < 4.78 is 14.0. The van der Waals surface area contributed by atoms with E-state index in [1.807, 2.05) is 0 Å². The zero-order valence-corrected chi connectivity index (χ0v) is 7.15. The Kier molecular flexibility index (Phi) is 3.55. The summed E-state index contributed by atoms with van der Waals surface area (Å²) in [7, 11) is 0. The number of aliphatic carboxylic acids is 1. The van der Waals surface area contributed by atoms with Crippen LogP contribution >= 0.6 is 0 Å². The molecule has 5 heteroatoms. The van der Waals surface area contributed by atoms with Crippen molar-refractivity contribution in [3.63, 3.8) is 0 Å². The summed E-state index contributed by atoms with van der Waals surface area (Å²) in [6.45, 7) is -2.76. The van der Waals surface area contributed by atoms with E-state index in [-0.39, 0.29) is 11.0 Å². The third kappa shape index (κ3) is 3.68. The minimum atomic E-state index is -2.76. The summed E-state index contributed by atoms with van der Waals surface area (Å²) in [5, 5.41) is 10.2. The van der Waals surface area contributed by atoms with Gasteiger partial charge >= 0.3 is 5.97 Å². The van der Waals surface area contributed by atoms with Crippen LogP contribution in [0.5, 0.6) is 0 Å². The SMILES string of the molecule is O.[2H]C([2H])(NC(=O)c1ccccc1)C(=O)O. The van der Waals surface area contributed by atoms with Gasteiger partial charge in [-0.2, -0.15) is 0 Å². The van der Waals surface area contributed by atoms with Gasteiger partial charge < -0.3 is 15.9 Å². The molecule has 0 radical (unpaired) electrons. The van der Waals surface area contributed by atoms with Crippen LogP contribution in [0.15, 0.2) is 30.3 Å². The summed E-state index contributed by atoms with van der Waals surface area (Å²) in [5.41, 5.74) is 0.211. The number of carbonyl (C=O) groups excluding carboxylic acids is 1. The van der Waals surface area contributed by atoms with Crippen LogP contribution in [-0.2, 0) is 4.79 Å². The monoisotopic (exact) mass is 199 g/mol. The lowest BCUT2D eigenvalue weighted by molar-refractivity contribution is -0.135. The van der Waals surface area contributed by atoms with Crippen molar-refractivity contribution in [1.29, 1.82) is 0 Å². The van der Waals surface area contributed by atoms with E-state index < -0.39 is 18.4 Å². The first kappa shape index (κ1) is 8.71. The lowest BCUT2D eigenvalue weighted by Gasteiger charge is -2.00. The normalized spacial score (nSPS) is 11.7. The highest BCUT2D eigenvalue weighted by molar-refractivity contribution is 5.95. The zero-order valence-electron chi connectivity index (χ0n) is 9.15. The number of carboxylic acids is 1. The molecule has 14 heavy (non-hydrogen) atoms. The molecular formula is C9H11NO4. The molecule has 0 heterocycles. The maximum atomic E-state index is 11.4. The van der Waals surface area contributed by atoms with Crippen molar-refractivity contribution in [1.82, 2.24) is 5.32 Å². The second kappa shape index (κ2) is 5.71. The molecule has 0 bridgehead atoms. The molecule has 5 nitrogen and oxygen atoms in total. The molecule has 1 aromatic rings. The predicted molar refractivity (Wildman–Crippen MR) is 50.0 cm³/mol. The van der Waals surface area contributed by atoms with Gasteiger partial charge in [0.2, 0.25) is 0 Å². The van der Waals surface area contributed by atoms with E-state index in [1.165, 1.54) is 12.1 Å². The summed E-state index contributed by atoms with van der Waals surface area (Å²) in [6.07, 6.45) is 0. The van der Waals surface area contributed by atoms with E-state index >= 15 is 0 Å². The molecule has 0 saturated carbocycles. The number of rotatable bonds is 3. The van der Waals surface area contributed by atoms with E-state index in [4.69, 9.17) is 7.85 Å². The Balaban J connectivity index is 0.00000225. The first-order chi connectivity index (χ1) is 6.93. The maximum Gasteiger partial charge on any atom is 0.322 e. The maximum absolute atomic E-state index is 11.4. The molecule has 4 N–H and O–H groups in total. The Morgan fingerprint density at radius 1 is 1.36 bits per heavy atom. The van der Waals surface area contributed by atoms with Gasteiger partial charge in [-0.3, -0.25) is 9.59 Å². The molecule has 0 aliphatic carbocycles. The average molecular weight is 199 g/mol. The first-order valence-electron chi connectivity index (χ1n) is 4.54. The molecule has 1 aromatic carbocycles. The summed E-state index contributed by atoms with van der Waals surface area (Å²) in [4.78, 5) is 21.7. The molecule has 1 amide bonds. The molecular weight excluding hydrogens is 186 g/mol. The first-order valence-corrected chi connectivity index (χ1v) is 3.54. The number of benzene rings is 1. The molecule has 0 aromatic heterocycles. The van der Waals surface area contributed by atoms with Crippen LogP contribution in [0, 0.1) is 0 Å². The van der Waals surface area contributed by atoms with Crippen LogP contribution in [-0.4, -0.2) is 29.0 Å². The minimum absolute atomic E-state index is 0. The highest BCUT2D eigenvalue weighted by atomic mass is 16.4. The second-order valence-electron chi connectivity index (χ2n) is 2.25. The summed E-state index contributed by atoms with van der Waals surface area (Å²) >= 11 is 0. The Labute approximate surface area is 83.5 Å². The van der Waals surface area contributed by atoms with E-state index in [9.17, 15) is 9.59 Å². The number of nitrogens with one attached hydrogen (secondary N) is 1. The van der Waals surface area contributed by atoms with E-state index in [2.05, 4.69) is 0 Å². The van der Waals surface area contributed by atoms with Crippen LogP contribution in [0.1, 0.15) is 13.1 Å². The van der Waals surface area contributed by atoms with Crippen molar-refractivity contribution >= 4 is 11.9 Å². The van der Waals surface area contributed by atoms with Crippen molar-refractivity contribution < 1.29 is 22.9 Å². The van der Waals surface area contributed by atoms with Crippen molar-refractivity contribution in [3.05, 3.63) is 35.9 Å². The fourth-order valence-electron chi connectivity index (χ4n) is 0.772. The van der Waals surface area contributed by atoms with Crippen molar-refractivity contribution in [2.75, 3.05) is 6.50 Å². The van der Waals surface area contributed by atoms with Gasteiger partial charge in [0, 0.05) is 5.56 Å². The fourth-order valence-corrected chi connectivity index (χ4v) is 0.772. The van der Waals surface area contributed by atoms with Gasteiger partial charge in [0.25, 0.3) is 5.91 Å². The fraction of sp³-hybridized carbons (Fsp3) is 0.111. The van der Waals surface area contributed by atoms with Gasteiger partial charge in [-0.05, 0) is 12.1 Å². The van der Waals surface area contributed by atoms with Gasteiger partial charge in [-0.1, -0.05) is 18.2 Å². The van der Waals surface area contributed by atoms with Gasteiger partial charge in [0.1, 0.15) is 6.50 Å². The molecule has 76 valence electrons. The Bertz CT molecular complexity index is 380. The summed E-state index contributed by atoms with van der Waals surface area (Å²) in [5.74, 6) is -2.49. The number of amides is 1. The Morgan fingerprint density at radius 2 is 1.93 bits per heavy atom. The summed E-state index contributed by atoms with van der Waals surface area (Å²) in [6, 6.07) is 7.83. The standard InChI is InChI=1S/C9H9NO3.H2O/c11-8(12)6-10-9(13)7-4-2-1-3-5-7;/h1-5H,6H2,(H,10,13)(H,11,12);1H2/i6D2;. The third-order valence-corrected chi connectivity index (χ3v) is 1.32. The lowest BCUT2D eigenvalue weighted by atomic mass is 10.2. The van der Waals surface area contributed by atoms with Crippen LogP contribution < -0.4 is 5.32 Å². The lowest BCUT2D eigenvalue weighted by Crippen LogP contribution is -2.29. The highest BCUT2D eigenvalue weighted by Crippen LogP contribution is 1.96. The predicted octanol–water partition coefficient (Wildman–Crippen LogP) is -0.324. The molecule has 0 fully saturated rings. The Morgan fingerprint density at radius 3 is 2.43 bits per heavy atom. The van der Waals surface area contributed by atoms with Gasteiger partial charge in [-0.15, -0.1) is 0 Å². The number of hydrogen-bond acceptors (Lipinski definition) is 2. The average Bonchev–Trinajstić information content (AvgIpc) is 2.18. The van der Waals surface area contributed by atoms with Gasteiger partial charge in [0.15, 0.2) is 0 Å². The van der Waals surface area contributed by atoms with Gasteiger partial charge in [0.05, 0.1) is 2.74 Å². The molecule has 0 spiro atoms. The van der Waals surface area contributed by atoms with E-state index in [0.717, 1.165) is 0 Å². The number of carboxylic acid groups (broad SMARTS) is 1. The smallest absolute Gasteiger partial charge is 0.322 e. The zero-order chi connectivity index (χ0) is 11.5. The molecule has 0 saturated heterocycles. The molecule has 0 unspecified atom stereocenters. The second-order valence-corrected chi connectivity index (χ2v) is 2.25. The topological polar surface area (TPSA) is 97.9 Å². The van der Waals surface area contributed by atoms with Crippen LogP contribution in [0.2, 0.25) is 0 Å². The molecule has 1 rings (SSSR count). The van der Waals surface area contributed by atoms with Crippen LogP contribution in [0.3, 0.4) is 0 Å². The van der Waals surface area contributed by atoms with Crippen LogP contribution in [0.25, 0.3) is 0 Å². The Hall–Kier alpha value is -1.88. The minimum Gasteiger partial charge on any atom is -0.480 e. The highest BCUT2D eigenvalue weighted by Gasteiger charge is 2.04. The number of carbonyl (C=O) groups is 2. The number of hydrogen-bond donors (Lipinski definition) is 2. The van der Waals surface area contributed by atoms with Crippen LogP contribution in [0.4, 0.5) is 0 Å². The third-order valence-electron chi connectivity index (χ3n) is 1.32. The van der Waals surface area contributed by atoms with E-state index in [1.54, 1.807) is 23.5 Å². The van der Waals surface area contributed by atoms with Gasteiger partial charge in [-0.25, -0.2) is 0 Å². The van der Waals surface area contributed by atoms with Crippen molar-refractivity contribution in [2.24, 2.45) is 0 Å². The molecule has 0 aliphatic heterocycles. The van der Waals surface area contributed by atoms with E-state index in [0.29, 0.717) is 0 Å².